The van der Waals surface area contributed by atoms with E-state index in [1.165, 1.54) is 0 Å². The number of hydrazone groups is 1. The summed E-state index contributed by atoms with van der Waals surface area (Å²) < 4.78 is 0. The first-order valence-electron chi connectivity index (χ1n) is 7.81. The first-order valence-corrected chi connectivity index (χ1v) is 7.81. The number of nitrogens with one attached hydrogen (secondary N) is 1. The number of carbonyl (C=O) groups is 4. The van der Waals surface area contributed by atoms with Crippen molar-refractivity contribution in [1.82, 2.24) is 10.3 Å². The molecule has 132 valence electrons. The Morgan fingerprint density at radius 3 is 2.24 bits per heavy atom. The molecule has 1 aliphatic rings. The van der Waals surface area contributed by atoms with E-state index in [0.717, 1.165) is 4.90 Å². The minimum Gasteiger partial charge on any atom is -0.386 e. The van der Waals surface area contributed by atoms with E-state index in [0.29, 0.717) is 17.5 Å². The summed E-state index contributed by atoms with van der Waals surface area (Å²) in [6, 6.07) is 6.59. The van der Waals surface area contributed by atoms with Gasteiger partial charge in [-0.05, 0) is 18.6 Å². The third-order valence-electron chi connectivity index (χ3n) is 3.65. The van der Waals surface area contributed by atoms with Crippen LogP contribution in [0.3, 0.4) is 0 Å². The van der Waals surface area contributed by atoms with Crippen LogP contribution in [0.1, 0.15) is 46.4 Å². The van der Waals surface area contributed by atoms with E-state index in [9.17, 15) is 19.2 Å². The molecular formula is C16H20N5O4+. The standard InChI is InChI=1S/C16H19N5O4/c17-12(19-20-14(23)7-3-6-13(18)22)8-9-21-15(24)10-4-1-2-5-11(10)16(21)25/h1-2,4-5H,3,6-9H2,(H2,17,19)(H2,18,22)(H,20,23)/p+1. The fraction of sp³-hybridized carbons (Fsp3) is 0.312. The van der Waals surface area contributed by atoms with Crippen LogP contribution in [0.5, 0.6) is 0 Å². The minimum atomic E-state index is -0.370. The van der Waals surface area contributed by atoms with Gasteiger partial charge in [-0.2, -0.15) is 5.10 Å². The number of nitrogens with two attached hydrogens (primary N) is 1. The van der Waals surface area contributed by atoms with E-state index in [2.05, 4.69) is 16.3 Å². The van der Waals surface area contributed by atoms with Gasteiger partial charge in [0.15, 0.2) is 0 Å². The summed E-state index contributed by atoms with van der Waals surface area (Å²) in [5.41, 5.74) is 11.9. The normalized spacial score (nSPS) is 13.8. The third-order valence-corrected chi connectivity index (χ3v) is 3.65. The maximum atomic E-state index is 12.2. The molecule has 1 aliphatic heterocycles. The monoisotopic (exact) mass is 346 g/mol. The molecule has 0 fully saturated rings. The Kier molecular flexibility index (Phi) is 5.96. The minimum absolute atomic E-state index is 0.0769. The van der Waals surface area contributed by atoms with E-state index >= 15 is 0 Å². The molecule has 2 rings (SSSR count). The molecule has 9 nitrogen and oxygen atoms in total. The molecule has 0 atom stereocenters. The number of hydrogen-bond donors (Lipinski definition) is 3. The number of amides is 4. The average molecular weight is 346 g/mol. The van der Waals surface area contributed by atoms with Crippen LogP contribution in [0.2, 0.25) is 0 Å². The molecule has 0 spiro atoms. The maximum absolute atomic E-state index is 12.2. The smallest absolute Gasteiger partial charge is 0.308 e. The lowest BCUT2D eigenvalue weighted by atomic mass is 10.1. The van der Waals surface area contributed by atoms with Gasteiger partial charge in [0, 0.05) is 19.4 Å². The van der Waals surface area contributed by atoms with Crippen molar-refractivity contribution in [3.8, 4) is 0 Å². The zero-order chi connectivity index (χ0) is 18.4. The van der Waals surface area contributed by atoms with Gasteiger partial charge in [0.2, 0.25) is 5.91 Å². The van der Waals surface area contributed by atoms with Crippen LogP contribution in [0.25, 0.3) is 0 Å². The van der Waals surface area contributed by atoms with Crippen molar-refractivity contribution in [3.63, 3.8) is 0 Å². The van der Waals surface area contributed by atoms with Crippen LogP contribution < -0.4 is 16.9 Å². The molecule has 9 heteroatoms. The number of nitrogens with zero attached hydrogens (tertiary/aromatic N) is 2. The highest BCUT2D eigenvalue weighted by Crippen LogP contribution is 2.22. The van der Waals surface area contributed by atoms with E-state index in [1.807, 2.05) is 0 Å². The SMILES string of the molecule is NC(CCN1C(=O)c2ccccc2C1=O)=NNC(=O)CCCC([NH3+])=O. The van der Waals surface area contributed by atoms with Gasteiger partial charge >= 0.3 is 5.91 Å². The van der Waals surface area contributed by atoms with Gasteiger partial charge in [0.25, 0.3) is 11.8 Å². The largest absolute Gasteiger partial charge is 0.386 e. The summed E-state index contributed by atoms with van der Waals surface area (Å²) in [5, 5.41) is 3.73. The van der Waals surface area contributed by atoms with Gasteiger partial charge in [-0.1, -0.05) is 12.1 Å². The molecule has 25 heavy (non-hydrogen) atoms. The lowest BCUT2D eigenvalue weighted by Gasteiger charge is -2.13. The Bertz CT molecular complexity index is 709. The van der Waals surface area contributed by atoms with Crippen LogP contribution in [0.4, 0.5) is 0 Å². The number of hydrogen-bond acceptors (Lipinski definition) is 5. The molecule has 0 bridgehead atoms. The zero-order valence-electron chi connectivity index (χ0n) is 13.7. The van der Waals surface area contributed by atoms with Crippen molar-refractivity contribution < 1.29 is 24.9 Å². The van der Waals surface area contributed by atoms with E-state index in [1.54, 1.807) is 24.3 Å². The number of carbonyl (C=O) groups excluding carboxylic acids is 4. The van der Waals surface area contributed by atoms with E-state index < -0.39 is 0 Å². The molecule has 1 aromatic rings. The molecule has 0 aliphatic carbocycles. The topological polar surface area (TPSA) is 150 Å². The lowest BCUT2D eigenvalue weighted by molar-refractivity contribution is -0.305. The number of quaternary nitrogens is 1. The summed E-state index contributed by atoms with van der Waals surface area (Å²) in [5.74, 6) is -1.23. The first-order chi connectivity index (χ1) is 11.9. The Balaban J connectivity index is 1.81. The highest BCUT2D eigenvalue weighted by atomic mass is 16.2. The molecule has 0 unspecified atom stereocenters. The molecule has 0 saturated carbocycles. The van der Waals surface area contributed by atoms with Gasteiger partial charge in [0.1, 0.15) is 5.84 Å². The van der Waals surface area contributed by atoms with Crippen LogP contribution in [-0.4, -0.2) is 40.9 Å². The molecule has 0 radical (unpaired) electrons. The Morgan fingerprint density at radius 1 is 1.08 bits per heavy atom. The highest BCUT2D eigenvalue weighted by molar-refractivity contribution is 6.21. The van der Waals surface area contributed by atoms with Crippen molar-refractivity contribution in [3.05, 3.63) is 35.4 Å². The Hall–Kier alpha value is -3.07. The Labute approximate surface area is 144 Å². The number of amidine groups is 1. The third kappa shape index (κ3) is 4.70. The molecule has 0 saturated heterocycles. The fourth-order valence-corrected chi connectivity index (χ4v) is 2.36. The number of imide groups is 1. The highest BCUT2D eigenvalue weighted by Gasteiger charge is 2.34. The Morgan fingerprint density at radius 2 is 1.68 bits per heavy atom. The predicted molar refractivity (Wildman–Crippen MR) is 87.9 cm³/mol. The molecule has 4 amide bonds. The van der Waals surface area contributed by atoms with Crippen molar-refractivity contribution in [2.24, 2.45) is 10.8 Å². The van der Waals surface area contributed by atoms with Gasteiger partial charge < -0.3 is 5.73 Å². The second-order valence-corrected chi connectivity index (χ2v) is 5.59. The second kappa shape index (κ2) is 8.15. The number of rotatable bonds is 8. The van der Waals surface area contributed by atoms with Gasteiger partial charge in [0.05, 0.1) is 17.5 Å². The van der Waals surface area contributed by atoms with Gasteiger partial charge in [-0.3, -0.25) is 25.0 Å². The molecule has 1 heterocycles. The van der Waals surface area contributed by atoms with E-state index in [4.69, 9.17) is 5.73 Å². The molecular weight excluding hydrogens is 326 g/mol. The summed E-state index contributed by atoms with van der Waals surface area (Å²) in [6.07, 6.45) is 0.893. The molecule has 1 aromatic carbocycles. The van der Waals surface area contributed by atoms with E-state index in [-0.39, 0.29) is 55.3 Å². The van der Waals surface area contributed by atoms with Crippen molar-refractivity contribution in [2.75, 3.05) is 6.54 Å². The zero-order valence-corrected chi connectivity index (χ0v) is 13.7. The average Bonchev–Trinajstić information content (AvgIpc) is 2.82. The lowest BCUT2D eigenvalue weighted by Crippen LogP contribution is -2.56. The first kappa shape index (κ1) is 18.3. The molecule has 6 N–H and O–H groups in total. The van der Waals surface area contributed by atoms with Crippen LogP contribution in [0, 0.1) is 0 Å². The van der Waals surface area contributed by atoms with Crippen molar-refractivity contribution >= 4 is 29.5 Å². The number of benzene rings is 1. The van der Waals surface area contributed by atoms with Crippen molar-refractivity contribution in [1.29, 1.82) is 0 Å². The quantitative estimate of drug-likeness (QED) is 0.239. The van der Waals surface area contributed by atoms with Gasteiger partial charge in [-0.25, -0.2) is 10.2 Å². The van der Waals surface area contributed by atoms with Crippen LogP contribution >= 0.6 is 0 Å². The van der Waals surface area contributed by atoms with Crippen molar-refractivity contribution in [2.45, 2.75) is 25.7 Å². The molecule has 0 aromatic heterocycles. The number of fused-ring (bicyclic) bond motifs is 1. The summed E-state index contributed by atoms with van der Waals surface area (Å²) in [6.45, 7) is 0.0769. The fourth-order valence-electron chi connectivity index (χ4n) is 2.36. The summed E-state index contributed by atoms with van der Waals surface area (Å²) in [4.78, 5) is 47.7. The van der Waals surface area contributed by atoms with Crippen LogP contribution in [-0.2, 0) is 9.59 Å². The summed E-state index contributed by atoms with van der Waals surface area (Å²) >= 11 is 0. The van der Waals surface area contributed by atoms with Crippen LogP contribution in [0.15, 0.2) is 29.4 Å². The summed E-state index contributed by atoms with van der Waals surface area (Å²) in [7, 11) is 0. The van der Waals surface area contributed by atoms with Gasteiger partial charge in [-0.15, -0.1) is 0 Å². The predicted octanol–water partition coefficient (Wildman–Crippen LogP) is -1.00. The second-order valence-electron chi connectivity index (χ2n) is 5.59. The maximum Gasteiger partial charge on any atom is 0.308 e.